The molecule has 1 aromatic carbocycles. The van der Waals surface area contributed by atoms with E-state index < -0.39 is 0 Å². The van der Waals surface area contributed by atoms with Crippen molar-refractivity contribution in [2.24, 2.45) is 13.0 Å². The predicted octanol–water partition coefficient (Wildman–Crippen LogP) is 3.02. The van der Waals surface area contributed by atoms with E-state index in [0.717, 1.165) is 68.7 Å². The van der Waals surface area contributed by atoms with Crippen molar-refractivity contribution in [1.82, 2.24) is 19.7 Å². The Hall–Kier alpha value is -3.20. The fourth-order valence-corrected chi connectivity index (χ4v) is 4.25. The van der Waals surface area contributed by atoms with Crippen molar-refractivity contribution in [3.05, 3.63) is 36.4 Å². The molecule has 2 aliphatic heterocycles. The average Bonchev–Trinajstić information content (AvgIpc) is 3.47. The summed E-state index contributed by atoms with van der Waals surface area (Å²) in [6.07, 6.45) is 9.41. The molecule has 0 aliphatic carbocycles. The summed E-state index contributed by atoms with van der Waals surface area (Å²) in [5.74, 6) is 1.55. The first kappa shape index (κ1) is 20.7. The van der Waals surface area contributed by atoms with Gasteiger partial charge in [0.15, 0.2) is 0 Å². The van der Waals surface area contributed by atoms with Gasteiger partial charge in [0.25, 0.3) is 5.91 Å². The summed E-state index contributed by atoms with van der Waals surface area (Å²) in [5, 5.41) is 8.36. The maximum atomic E-state index is 12.9. The molecule has 0 spiro atoms. The minimum Gasteiger partial charge on any atom is -0.491 e. The molecule has 168 valence electrons. The zero-order valence-electron chi connectivity index (χ0n) is 18.3. The summed E-state index contributed by atoms with van der Waals surface area (Å²) in [7, 11) is 1.87. The molecule has 0 bridgehead atoms. The highest BCUT2D eigenvalue weighted by Gasteiger charge is 2.19. The molecule has 0 atom stereocenters. The van der Waals surface area contributed by atoms with Crippen LogP contribution in [0.3, 0.4) is 0 Å². The van der Waals surface area contributed by atoms with Crippen LogP contribution in [0.15, 0.2) is 30.7 Å². The molecular formula is C23H28N6O3. The van der Waals surface area contributed by atoms with Gasteiger partial charge in [-0.3, -0.25) is 9.48 Å². The predicted molar refractivity (Wildman–Crippen MR) is 121 cm³/mol. The fraction of sp³-hybridized carbons (Fsp3) is 0.478. The van der Waals surface area contributed by atoms with Gasteiger partial charge < -0.3 is 19.7 Å². The lowest BCUT2D eigenvalue weighted by Gasteiger charge is -2.23. The van der Waals surface area contributed by atoms with E-state index in [2.05, 4.69) is 25.3 Å². The number of carbonyl (C=O) groups is 1. The normalized spacial score (nSPS) is 17.1. The van der Waals surface area contributed by atoms with Gasteiger partial charge in [-0.05, 0) is 37.7 Å². The van der Waals surface area contributed by atoms with Gasteiger partial charge in [0.1, 0.15) is 17.3 Å². The molecule has 32 heavy (non-hydrogen) atoms. The maximum Gasteiger partial charge on any atom is 0.275 e. The first-order chi connectivity index (χ1) is 15.7. The number of aryl methyl sites for hydroxylation is 1. The zero-order chi connectivity index (χ0) is 21.9. The monoisotopic (exact) mass is 436 g/mol. The number of ether oxygens (including phenoxy) is 2. The van der Waals surface area contributed by atoms with Crippen LogP contribution in [0.2, 0.25) is 0 Å². The minimum absolute atomic E-state index is 0.273. The van der Waals surface area contributed by atoms with Gasteiger partial charge >= 0.3 is 0 Å². The van der Waals surface area contributed by atoms with Crippen molar-refractivity contribution in [3.8, 4) is 5.75 Å². The van der Waals surface area contributed by atoms with Crippen LogP contribution in [0.4, 0.5) is 11.5 Å². The molecule has 2 aromatic heterocycles. The lowest BCUT2D eigenvalue weighted by atomic mass is 10.0. The van der Waals surface area contributed by atoms with Gasteiger partial charge in [-0.2, -0.15) is 5.10 Å². The number of nitrogens with one attached hydrogen (secondary N) is 1. The highest BCUT2D eigenvalue weighted by Crippen LogP contribution is 2.31. The topological polar surface area (TPSA) is 94.4 Å². The van der Waals surface area contributed by atoms with Gasteiger partial charge in [0.05, 0.1) is 30.2 Å². The maximum absolute atomic E-state index is 12.9. The molecule has 3 aromatic rings. The summed E-state index contributed by atoms with van der Waals surface area (Å²) < 4.78 is 13.3. The van der Waals surface area contributed by atoms with Gasteiger partial charge in [-0.25, -0.2) is 9.97 Å². The van der Waals surface area contributed by atoms with Crippen LogP contribution in [-0.2, 0) is 11.8 Å². The minimum atomic E-state index is -0.315. The molecule has 2 fully saturated rings. The molecule has 4 heterocycles. The SMILES string of the molecule is Cn1cc2cc(NC(=O)c3cnc(N4CCCC4)cn3)c(OCC3CCOCC3)cc2n1. The Morgan fingerprint density at radius 1 is 1.19 bits per heavy atom. The van der Waals surface area contributed by atoms with Crippen LogP contribution >= 0.6 is 0 Å². The first-order valence-electron chi connectivity index (χ1n) is 11.2. The zero-order valence-corrected chi connectivity index (χ0v) is 18.3. The Kier molecular flexibility index (Phi) is 5.89. The van der Waals surface area contributed by atoms with Crippen LogP contribution in [0, 0.1) is 5.92 Å². The van der Waals surface area contributed by atoms with E-state index >= 15 is 0 Å². The number of benzene rings is 1. The second-order valence-corrected chi connectivity index (χ2v) is 8.48. The Morgan fingerprint density at radius 3 is 2.75 bits per heavy atom. The third-order valence-corrected chi connectivity index (χ3v) is 6.08. The standard InChI is InChI=1S/C23H28N6O3/c1-28-14-17-10-19(21(11-18(17)27-28)32-15-16-4-8-31-9-5-16)26-23(30)20-12-25-22(13-24-20)29-6-2-3-7-29/h10-14,16H,2-9,15H2,1H3,(H,26,30). The number of amides is 1. The van der Waals surface area contributed by atoms with Crippen molar-refractivity contribution in [1.29, 1.82) is 0 Å². The van der Waals surface area contributed by atoms with Crippen LogP contribution in [-0.4, -0.2) is 58.6 Å². The molecule has 9 nitrogen and oxygen atoms in total. The van der Waals surface area contributed by atoms with Gasteiger partial charge in [0.2, 0.25) is 0 Å². The van der Waals surface area contributed by atoms with E-state index in [-0.39, 0.29) is 11.6 Å². The lowest BCUT2D eigenvalue weighted by molar-refractivity contribution is 0.0499. The second-order valence-electron chi connectivity index (χ2n) is 8.48. The Balaban J connectivity index is 1.34. The van der Waals surface area contributed by atoms with E-state index in [1.54, 1.807) is 10.9 Å². The van der Waals surface area contributed by atoms with Crippen LogP contribution in [0.1, 0.15) is 36.2 Å². The fourth-order valence-electron chi connectivity index (χ4n) is 4.25. The summed E-state index contributed by atoms with van der Waals surface area (Å²) in [6, 6.07) is 3.78. The van der Waals surface area contributed by atoms with E-state index in [1.807, 2.05) is 25.4 Å². The van der Waals surface area contributed by atoms with E-state index in [0.29, 0.717) is 24.0 Å². The quantitative estimate of drug-likeness (QED) is 0.635. The Bertz CT molecular complexity index is 1090. The molecular weight excluding hydrogens is 408 g/mol. The molecule has 0 saturated carbocycles. The summed E-state index contributed by atoms with van der Waals surface area (Å²) in [5.41, 5.74) is 1.70. The number of nitrogens with zero attached hydrogens (tertiary/aromatic N) is 5. The number of hydrogen-bond acceptors (Lipinski definition) is 7. The van der Waals surface area contributed by atoms with Crippen molar-refractivity contribution >= 4 is 28.3 Å². The average molecular weight is 437 g/mol. The van der Waals surface area contributed by atoms with Crippen molar-refractivity contribution in [2.45, 2.75) is 25.7 Å². The number of carbonyl (C=O) groups excluding carboxylic acids is 1. The third-order valence-electron chi connectivity index (χ3n) is 6.08. The largest absolute Gasteiger partial charge is 0.491 e. The molecule has 0 unspecified atom stereocenters. The first-order valence-corrected chi connectivity index (χ1v) is 11.2. The summed E-state index contributed by atoms with van der Waals surface area (Å²) in [4.78, 5) is 23.9. The smallest absolute Gasteiger partial charge is 0.275 e. The number of hydrogen-bond donors (Lipinski definition) is 1. The number of aromatic nitrogens is 4. The van der Waals surface area contributed by atoms with Crippen molar-refractivity contribution in [2.75, 3.05) is 43.1 Å². The van der Waals surface area contributed by atoms with Crippen LogP contribution in [0.25, 0.3) is 10.9 Å². The Morgan fingerprint density at radius 2 is 2.00 bits per heavy atom. The number of fused-ring (bicyclic) bond motifs is 1. The highest BCUT2D eigenvalue weighted by atomic mass is 16.5. The third kappa shape index (κ3) is 4.52. The van der Waals surface area contributed by atoms with Gasteiger partial charge in [-0.15, -0.1) is 0 Å². The summed E-state index contributed by atoms with van der Waals surface area (Å²) >= 11 is 0. The molecule has 5 rings (SSSR count). The number of rotatable bonds is 6. The van der Waals surface area contributed by atoms with Gasteiger partial charge in [0, 0.05) is 51.0 Å². The highest BCUT2D eigenvalue weighted by molar-refractivity contribution is 6.04. The van der Waals surface area contributed by atoms with Gasteiger partial charge in [-0.1, -0.05) is 0 Å². The summed E-state index contributed by atoms with van der Waals surface area (Å²) in [6.45, 7) is 4.08. The lowest BCUT2D eigenvalue weighted by Crippen LogP contribution is -2.22. The molecule has 0 radical (unpaired) electrons. The van der Waals surface area contributed by atoms with E-state index in [9.17, 15) is 4.79 Å². The van der Waals surface area contributed by atoms with E-state index in [4.69, 9.17) is 9.47 Å². The van der Waals surface area contributed by atoms with Crippen LogP contribution in [0.5, 0.6) is 5.75 Å². The molecule has 2 aliphatic rings. The molecule has 2 saturated heterocycles. The second kappa shape index (κ2) is 9.12. The van der Waals surface area contributed by atoms with E-state index in [1.165, 1.54) is 6.20 Å². The van der Waals surface area contributed by atoms with Crippen molar-refractivity contribution < 1.29 is 14.3 Å². The Labute approximate surface area is 186 Å². The van der Waals surface area contributed by atoms with Crippen LogP contribution < -0.4 is 15.0 Å². The van der Waals surface area contributed by atoms with Crippen molar-refractivity contribution in [3.63, 3.8) is 0 Å². The molecule has 1 N–H and O–H groups in total. The molecule has 1 amide bonds. The number of anilines is 2. The molecule has 9 heteroatoms.